The van der Waals surface area contributed by atoms with Gasteiger partial charge in [0.15, 0.2) is 5.11 Å². The van der Waals surface area contributed by atoms with Crippen LogP contribution in [-0.4, -0.2) is 25.2 Å². The molecule has 0 radical (unpaired) electrons. The van der Waals surface area contributed by atoms with Crippen LogP contribution in [0.2, 0.25) is 0 Å². The summed E-state index contributed by atoms with van der Waals surface area (Å²) in [4.78, 5) is 14.1. The summed E-state index contributed by atoms with van der Waals surface area (Å²) in [6.45, 7) is 1.84. The Balaban J connectivity index is 1.92. The van der Waals surface area contributed by atoms with Crippen molar-refractivity contribution in [1.29, 1.82) is 0 Å². The number of ether oxygens (including phenoxy) is 2. The van der Waals surface area contributed by atoms with Gasteiger partial charge in [-0.1, -0.05) is 6.07 Å². The number of rotatable bonds is 5. The number of amides is 1. The van der Waals surface area contributed by atoms with Gasteiger partial charge in [-0.3, -0.25) is 4.79 Å². The van der Waals surface area contributed by atoms with E-state index >= 15 is 0 Å². The second-order valence-electron chi connectivity index (χ2n) is 5.61. The molecule has 0 saturated carbocycles. The van der Waals surface area contributed by atoms with Gasteiger partial charge in [0, 0.05) is 16.6 Å². The molecular formula is C18H19N3O3S2. The molecule has 1 unspecified atom stereocenters. The van der Waals surface area contributed by atoms with Gasteiger partial charge in [-0.2, -0.15) is 0 Å². The van der Waals surface area contributed by atoms with Gasteiger partial charge >= 0.3 is 0 Å². The van der Waals surface area contributed by atoms with Crippen molar-refractivity contribution in [3.63, 3.8) is 0 Å². The molecular weight excluding hydrogens is 370 g/mol. The van der Waals surface area contributed by atoms with Crippen LogP contribution >= 0.6 is 23.6 Å². The number of hydrogen-bond donors (Lipinski definition) is 3. The van der Waals surface area contributed by atoms with E-state index in [1.54, 1.807) is 43.8 Å². The number of methoxy groups -OCH3 is 2. The maximum absolute atomic E-state index is 13.0. The summed E-state index contributed by atoms with van der Waals surface area (Å²) in [7, 11) is 3.13. The van der Waals surface area contributed by atoms with E-state index in [1.165, 1.54) is 0 Å². The molecule has 0 spiro atoms. The smallest absolute Gasteiger partial charge is 0.255 e. The molecule has 0 bridgehead atoms. The van der Waals surface area contributed by atoms with Crippen molar-refractivity contribution >= 4 is 40.3 Å². The number of anilines is 1. The summed E-state index contributed by atoms with van der Waals surface area (Å²) in [5, 5.41) is 11.6. The fraction of sp³-hybridized carbons (Fsp3) is 0.222. The Bertz CT molecular complexity index is 863. The summed E-state index contributed by atoms with van der Waals surface area (Å²) in [6.07, 6.45) is 0. The van der Waals surface area contributed by atoms with E-state index in [2.05, 4.69) is 16.0 Å². The van der Waals surface area contributed by atoms with Gasteiger partial charge in [-0.05, 0) is 42.7 Å². The third kappa shape index (κ3) is 3.66. The number of thiocarbonyl (C=S) groups is 1. The van der Waals surface area contributed by atoms with Crippen LogP contribution in [0.4, 0.5) is 5.69 Å². The number of carbonyl (C=O) groups excluding carboxylic acids is 1. The highest BCUT2D eigenvalue weighted by Crippen LogP contribution is 2.33. The van der Waals surface area contributed by atoms with Crippen LogP contribution in [0, 0.1) is 0 Å². The van der Waals surface area contributed by atoms with Crippen LogP contribution in [0.3, 0.4) is 0 Å². The van der Waals surface area contributed by atoms with Crippen molar-refractivity contribution in [2.75, 3.05) is 19.5 Å². The zero-order valence-corrected chi connectivity index (χ0v) is 16.2. The van der Waals surface area contributed by atoms with Crippen molar-refractivity contribution in [1.82, 2.24) is 10.6 Å². The first-order valence-corrected chi connectivity index (χ1v) is 9.17. The average molecular weight is 390 g/mol. The molecule has 0 fully saturated rings. The molecule has 6 nitrogen and oxygen atoms in total. The van der Waals surface area contributed by atoms with Crippen molar-refractivity contribution in [3.8, 4) is 11.5 Å². The molecule has 0 aliphatic carbocycles. The van der Waals surface area contributed by atoms with E-state index in [9.17, 15) is 4.79 Å². The van der Waals surface area contributed by atoms with Gasteiger partial charge in [0.05, 0.1) is 31.5 Å². The van der Waals surface area contributed by atoms with Crippen molar-refractivity contribution in [2.24, 2.45) is 0 Å². The van der Waals surface area contributed by atoms with Crippen LogP contribution < -0.4 is 25.4 Å². The lowest BCUT2D eigenvalue weighted by Gasteiger charge is -2.29. The Kier molecular flexibility index (Phi) is 5.43. The van der Waals surface area contributed by atoms with Gasteiger partial charge < -0.3 is 25.4 Å². The van der Waals surface area contributed by atoms with Crippen LogP contribution in [0.15, 0.2) is 47.0 Å². The molecule has 1 aromatic carbocycles. The standard InChI is InChI=1S/C18H19N3O3S2/c1-10-15(16(21-18(25)19-10)14-5-4-8-26-14)17(22)20-12-7-6-11(23-2)9-13(12)24-3/h4-9,16H,1-3H3,(H,20,22)(H2,19,21,25). The van der Waals surface area contributed by atoms with E-state index in [-0.39, 0.29) is 11.9 Å². The van der Waals surface area contributed by atoms with Gasteiger partial charge in [-0.15, -0.1) is 11.3 Å². The zero-order valence-electron chi connectivity index (χ0n) is 14.6. The molecule has 3 N–H and O–H groups in total. The molecule has 2 heterocycles. The van der Waals surface area contributed by atoms with Crippen LogP contribution in [0.5, 0.6) is 11.5 Å². The first-order chi connectivity index (χ1) is 12.5. The maximum atomic E-state index is 13.0. The number of thiophene rings is 1. The minimum atomic E-state index is -0.298. The molecule has 136 valence electrons. The molecule has 8 heteroatoms. The largest absolute Gasteiger partial charge is 0.497 e. The molecule has 1 aliphatic rings. The second kappa shape index (κ2) is 7.76. The van der Waals surface area contributed by atoms with E-state index in [1.807, 2.05) is 24.4 Å². The molecule has 1 atom stereocenters. The van der Waals surface area contributed by atoms with E-state index in [4.69, 9.17) is 21.7 Å². The fourth-order valence-electron chi connectivity index (χ4n) is 2.76. The van der Waals surface area contributed by atoms with Gasteiger partial charge in [0.25, 0.3) is 5.91 Å². The Morgan fingerprint density at radius 2 is 2.08 bits per heavy atom. The minimum Gasteiger partial charge on any atom is -0.497 e. The molecule has 3 rings (SSSR count). The summed E-state index contributed by atoms with van der Waals surface area (Å²) in [5.41, 5.74) is 1.87. The molecule has 26 heavy (non-hydrogen) atoms. The monoisotopic (exact) mass is 389 g/mol. The Morgan fingerprint density at radius 3 is 2.73 bits per heavy atom. The lowest BCUT2D eigenvalue weighted by Crippen LogP contribution is -2.45. The SMILES string of the molecule is COc1ccc(NC(=O)C2=C(C)NC(=S)NC2c2cccs2)c(OC)c1. The highest BCUT2D eigenvalue weighted by atomic mass is 32.1. The van der Waals surface area contributed by atoms with E-state index in [0.717, 1.165) is 10.6 Å². The summed E-state index contributed by atoms with van der Waals surface area (Å²) >= 11 is 6.82. The molecule has 1 aliphatic heterocycles. The number of benzene rings is 1. The number of allylic oxidation sites excluding steroid dienone is 1. The van der Waals surface area contributed by atoms with Crippen LogP contribution in [0.25, 0.3) is 0 Å². The normalized spacial score (nSPS) is 16.6. The number of carbonyl (C=O) groups is 1. The minimum absolute atomic E-state index is 0.230. The predicted octanol–water partition coefficient (Wildman–Crippen LogP) is 3.20. The molecule has 1 aromatic heterocycles. The highest BCUT2D eigenvalue weighted by Gasteiger charge is 2.30. The van der Waals surface area contributed by atoms with Crippen molar-refractivity contribution in [2.45, 2.75) is 13.0 Å². The van der Waals surface area contributed by atoms with E-state index in [0.29, 0.717) is 27.9 Å². The molecule has 2 aromatic rings. The van der Waals surface area contributed by atoms with Crippen molar-refractivity contribution < 1.29 is 14.3 Å². The summed E-state index contributed by atoms with van der Waals surface area (Å²) < 4.78 is 10.6. The lowest BCUT2D eigenvalue weighted by molar-refractivity contribution is -0.113. The maximum Gasteiger partial charge on any atom is 0.255 e. The van der Waals surface area contributed by atoms with Gasteiger partial charge in [0.1, 0.15) is 11.5 Å². The fourth-order valence-corrected chi connectivity index (χ4v) is 3.81. The summed E-state index contributed by atoms with van der Waals surface area (Å²) in [5.74, 6) is 0.945. The topological polar surface area (TPSA) is 71.6 Å². The summed E-state index contributed by atoms with van der Waals surface area (Å²) in [6, 6.07) is 8.87. The number of nitrogens with one attached hydrogen (secondary N) is 3. The average Bonchev–Trinajstić information content (AvgIpc) is 3.15. The zero-order chi connectivity index (χ0) is 18.7. The van der Waals surface area contributed by atoms with Crippen LogP contribution in [0.1, 0.15) is 17.8 Å². The van der Waals surface area contributed by atoms with E-state index < -0.39 is 0 Å². The Hall–Kier alpha value is -2.58. The van der Waals surface area contributed by atoms with Gasteiger partial charge in [-0.25, -0.2) is 0 Å². The molecule has 1 amide bonds. The first kappa shape index (κ1) is 18.2. The van der Waals surface area contributed by atoms with Gasteiger partial charge in [0.2, 0.25) is 0 Å². The second-order valence-corrected chi connectivity index (χ2v) is 6.99. The third-order valence-electron chi connectivity index (χ3n) is 4.00. The first-order valence-electron chi connectivity index (χ1n) is 7.88. The predicted molar refractivity (Wildman–Crippen MR) is 107 cm³/mol. The van der Waals surface area contributed by atoms with Crippen molar-refractivity contribution in [3.05, 3.63) is 51.9 Å². The third-order valence-corrected chi connectivity index (χ3v) is 5.16. The Morgan fingerprint density at radius 1 is 1.27 bits per heavy atom. The highest BCUT2D eigenvalue weighted by molar-refractivity contribution is 7.80. The molecule has 0 saturated heterocycles. The quantitative estimate of drug-likeness (QED) is 0.682. The van der Waals surface area contributed by atoms with Crippen LogP contribution in [-0.2, 0) is 4.79 Å². The number of hydrogen-bond acceptors (Lipinski definition) is 5. The lowest BCUT2D eigenvalue weighted by atomic mass is 10.0. The Labute approximate surface area is 161 Å².